The first-order chi connectivity index (χ1) is 13.2. The highest BCUT2D eigenvalue weighted by Gasteiger charge is 2.17. The molecule has 0 atom stereocenters. The van der Waals surface area contributed by atoms with Crippen molar-refractivity contribution in [3.05, 3.63) is 58.6 Å². The zero-order chi connectivity index (χ0) is 20.7. The molecule has 9 heteroatoms. The summed E-state index contributed by atoms with van der Waals surface area (Å²) in [5.74, 6) is -1.00. The summed E-state index contributed by atoms with van der Waals surface area (Å²) in [5.41, 5.74) is 6.25. The average molecular weight is 425 g/mol. The molecule has 0 radical (unpaired) electrons. The maximum absolute atomic E-state index is 12.2. The van der Waals surface area contributed by atoms with Crippen molar-refractivity contribution >= 4 is 33.3 Å². The monoisotopic (exact) mass is 424 g/mol. The quantitative estimate of drug-likeness (QED) is 0.664. The summed E-state index contributed by atoms with van der Waals surface area (Å²) in [7, 11) is -3.62. The molecule has 0 aliphatic heterocycles. The van der Waals surface area contributed by atoms with Gasteiger partial charge in [-0.1, -0.05) is 23.7 Å². The molecule has 0 aliphatic rings. The van der Waals surface area contributed by atoms with Gasteiger partial charge < -0.3 is 4.74 Å². The predicted octanol–water partition coefficient (Wildman–Crippen LogP) is 2.35. The summed E-state index contributed by atoms with van der Waals surface area (Å²) in [6.45, 7) is 3.48. The Morgan fingerprint density at radius 1 is 1.00 bits per heavy atom. The van der Waals surface area contributed by atoms with E-state index in [4.69, 9.17) is 16.3 Å². The standard InChI is InChI=1S/C19H21ClN2O5S/c1-13-3-4-14(2)17(11-13)27-12-19(24)22-21-18(23)9-10-28(25,26)16-7-5-15(20)6-8-16/h3-8,11H,9-10,12H2,1-2H3,(H,21,23)(H,22,24). The normalized spacial score (nSPS) is 11.0. The van der Waals surface area contributed by atoms with Crippen LogP contribution in [0.5, 0.6) is 5.75 Å². The molecule has 2 amide bonds. The first kappa shape index (κ1) is 21.7. The maximum Gasteiger partial charge on any atom is 0.276 e. The van der Waals surface area contributed by atoms with E-state index in [0.29, 0.717) is 10.8 Å². The third kappa shape index (κ3) is 6.54. The Labute approximate surface area is 168 Å². The van der Waals surface area contributed by atoms with E-state index >= 15 is 0 Å². The molecule has 7 nitrogen and oxygen atoms in total. The number of rotatable bonds is 7. The van der Waals surface area contributed by atoms with E-state index in [2.05, 4.69) is 10.9 Å². The molecule has 2 rings (SSSR count). The van der Waals surface area contributed by atoms with Gasteiger partial charge in [-0.2, -0.15) is 0 Å². The molecular formula is C19H21ClN2O5S. The summed E-state index contributed by atoms with van der Waals surface area (Å²) in [5, 5.41) is 0.419. The van der Waals surface area contributed by atoms with Crippen molar-refractivity contribution in [1.82, 2.24) is 10.9 Å². The van der Waals surface area contributed by atoms with Crippen molar-refractivity contribution in [3.8, 4) is 5.75 Å². The molecule has 0 aromatic heterocycles. The van der Waals surface area contributed by atoms with Crippen LogP contribution < -0.4 is 15.6 Å². The molecule has 0 spiro atoms. The number of aryl methyl sites for hydroxylation is 2. The second-order valence-corrected chi connectivity index (χ2v) is 8.72. The van der Waals surface area contributed by atoms with E-state index in [0.717, 1.165) is 11.1 Å². The summed E-state index contributed by atoms with van der Waals surface area (Å²) in [6.07, 6.45) is -0.302. The minimum Gasteiger partial charge on any atom is -0.483 e. The summed E-state index contributed by atoms with van der Waals surface area (Å²) in [6, 6.07) is 11.3. The van der Waals surface area contributed by atoms with Crippen LogP contribution in [0.1, 0.15) is 17.5 Å². The highest BCUT2D eigenvalue weighted by Crippen LogP contribution is 2.19. The Morgan fingerprint density at radius 3 is 2.32 bits per heavy atom. The SMILES string of the molecule is Cc1ccc(C)c(OCC(=O)NNC(=O)CCS(=O)(=O)c2ccc(Cl)cc2)c1. The number of ether oxygens (including phenoxy) is 1. The number of halogens is 1. The lowest BCUT2D eigenvalue weighted by Crippen LogP contribution is -2.44. The van der Waals surface area contributed by atoms with E-state index in [1.165, 1.54) is 24.3 Å². The van der Waals surface area contributed by atoms with Crippen LogP contribution in [-0.4, -0.2) is 32.6 Å². The van der Waals surface area contributed by atoms with Crippen molar-refractivity contribution in [2.75, 3.05) is 12.4 Å². The van der Waals surface area contributed by atoms with Gasteiger partial charge in [-0.15, -0.1) is 0 Å². The number of sulfone groups is 1. The third-order valence-electron chi connectivity index (χ3n) is 3.81. The molecule has 0 saturated heterocycles. The van der Waals surface area contributed by atoms with Gasteiger partial charge in [0, 0.05) is 11.4 Å². The van der Waals surface area contributed by atoms with Crippen LogP contribution in [-0.2, 0) is 19.4 Å². The molecule has 2 N–H and O–H groups in total. The molecule has 2 aromatic rings. The van der Waals surface area contributed by atoms with E-state index in [-0.39, 0.29) is 17.9 Å². The van der Waals surface area contributed by atoms with Gasteiger partial charge in [0.15, 0.2) is 16.4 Å². The largest absolute Gasteiger partial charge is 0.483 e. The number of carbonyl (C=O) groups is 2. The molecule has 0 aliphatic carbocycles. The zero-order valence-corrected chi connectivity index (χ0v) is 17.1. The molecule has 150 valence electrons. The fourth-order valence-corrected chi connectivity index (χ4v) is 3.60. The highest BCUT2D eigenvalue weighted by atomic mass is 35.5. The van der Waals surface area contributed by atoms with Crippen molar-refractivity contribution in [1.29, 1.82) is 0 Å². The van der Waals surface area contributed by atoms with E-state index in [1.54, 1.807) is 0 Å². The molecule has 2 aromatic carbocycles. The van der Waals surface area contributed by atoms with Crippen LogP contribution in [0.3, 0.4) is 0 Å². The second kappa shape index (κ2) is 9.57. The average Bonchev–Trinajstić information content (AvgIpc) is 2.66. The van der Waals surface area contributed by atoms with Crippen molar-refractivity contribution in [2.45, 2.75) is 25.2 Å². The van der Waals surface area contributed by atoms with Gasteiger partial charge in [0.2, 0.25) is 5.91 Å². The van der Waals surface area contributed by atoms with Crippen molar-refractivity contribution in [2.24, 2.45) is 0 Å². The minimum absolute atomic E-state index is 0.0793. The molecule has 28 heavy (non-hydrogen) atoms. The van der Waals surface area contributed by atoms with E-state index in [1.807, 2.05) is 32.0 Å². The van der Waals surface area contributed by atoms with Gasteiger partial charge in [-0.3, -0.25) is 20.4 Å². The molecule has 0 bridgehead atoms. The lowest BCUT2D eigenvalue weighted by Gasteiger charge is -2.11. The molecular weight excluding hydrogens is 404 g/mol. The van der Waals surface area contributed by atoms with Crippen LogP contribution in [0.4, 0.5) is 0 Å². The van der Waals surface area contributed by atoms with Gasteiger partial charge in [0.05, 0.1) is 10.6 Å². The number of amides is 2. The fourth-order valence-electron chi connectivity index (χ4n) is 2.23. The fraction of sp³-hybridized carbons (Fsp3) is 0.263. The smallest absolute Gasteiger partial charge is 0.276 e. The van der Waals surface area contributed by atoms with E-state index in [9.17, 15) is 18.0 Å². The zero-order valence-electron chi connectivity index (χ0n) is 15.5. The molecule has 0 fully saturated rings. The van der Waals surface area contributed by atoms with Gasteiger partial charge in [-0.05, 0) is 55.3 Å². The number of hydrogen-bond acceptors (Lipinski definition) is 5. The van der Waals surface area contributed by atoms with Crippen LogP contribution in [0.2, 0.25) is 5.02 Å². The Bertz CT molecular complexity index is 959. The van der Waals surface area contributed by atoms with Crippen molar-refractivity contribution < 1.29 is 22.7 Å². The summed E-state index contributed by atoms with van der Waals surface area (Å²) >= 11 is 5.73. The topological polar surface area (TPSA) is 102 Å². The first-order valence-electron chi connectivity index (χ1n) is 8.43. The summed E-state index contributed by atoms with van der Waals surface area (Å²) < 4.78 is 29.8. The lowest BCUT2D eigenvalue weighted by molar-refractivity contribution is -0.129. The number of benzene rings is 2. The van der Waals surface area contributed by atoms with Gasteiger partial charge in [0.1, 0.15) is 5.75 Å². The maximum atomic E-state index is 12.2. The third-order valence-corrected chi connectivity index (χ3v) is 5.80. The van der Waals surface area contributed by atoms with E-state index < -0.39 is 27.4 Å². The number of carbonyl (C=O) groups excluding carboxylic acids is 2. The van der Waals surface area contributed by atoms with Gasteiger partial charge in [0.25, 0.3) is 5.91 Å². The summed E-state index contributed by atoms with van der Waals surface area (Å²) in [4.78, 5) is 23.7. The minimum atomic E-state index is -3.62. The molecule has 0 saturated carbocycles. The first-order valence-corrected chi connectivity index (χ1v) is 10.5. The predicted molar refractivity (Wildman–Crippen MR) is 106 cm³/mol. The lowest BCUT2D eigenvalue weighted by atomic mass is 10.1. The number of hydrazine groups is 1. The Kier molecular flexibility index (Phi) is 7.42. The Morgan fingerprint density at radius 2 is 1.64 bits per heavy atom. The second-order valence-electron chi connectivity index (χ2n) is 6.18. The van der Waals surface area contributed by atoms with Gasteiger partial charge in [-0.25, -0.2) is 8.42 Å². The van der Waals surface area contributed by atoms with Crippen LogP contribution in [0.25, 0.3) is 0 Å². The van der Waals surface area contributed by atoms with Crippen molar-refractivity contribution in [3.63, 3.8) is 0 Å². The molecule has 0 unspecified atom stereocenters. The Hall–Kier alpha value is -2.58. The number of hydrogen-bond donors (Lipinski definition) is 2. The molecule has 0 heterocycles. The van der Waals surface area contributed by atoms with Crippen LogP contribution in [0, 0.1) is 13.8 Å². The van der Waals surface area contributed by atoms with Gasteiger partial charge >= 0.3 is 0 Å². The number of nitrogens with one attached hydrogen (secondary N) is 2. The Balaban J connectivity index is 1.76. The van der Waals surface area contributed by atoms with Crippen LogP contribution >= 0.6 is 11.6 Å². The van der Waals surface area contributed by atoms with Crippen LogP contribution in [0.15, 0.2) is 47.4 Å². The highest BCUT2D eigenvalue weighted by molar-refractivity contribution is 7.91.